The van der Waals surface area contributed by atoms with Crippen molar-refractivity contribution in [1.29, 1.82) is 0 Å². The Labute approximate surface area is 546 Å². The van der Waals surface area contributed by atoms with E-state index in [9.17, 15) is 0 Å². The van der Waals surface area contributed by atoms with Crippen LogP contribution in [0.5, 0.6) is 23.3 Å². The molecule has 82 heavy (non-hydrogen) atoms. The first-order valence-electron chi connectivity index (χ1n) is 25.5. The van der Waals surface area contributed by atoms with Crippen LogP contribution in [0.2, 0.25) is 0 Å². The number of para-hydroxylation sites is 2. The van der Waals surface area contributed by atoms with Crippen LogP contribution in [-0.2, 0) is 33.0 Å². The van der Waals surface area contributed by atoms with Gasteiger partial charge in [0.1, 0.15) is 17.4 Å². The Balaban J connectivity index is 0.000000145. The number of hydrogen-bond acceptors (Lipinski definition) is 8. The fourth-order valence-electron chi connectivity index (χ4n) is 10.6. The third-order valence-electron chi connectivity index (χ3n) is 13.7. The van der Waals surface area contributed by atoms with Gasteiger partial charge >= 0.3 is 134 Å². The average molecular weight is 1560 g/mol. The maximum atomic E-state index is 6.35. The van der Waals surface area contributed by atoms with Gasteiger partial charge < -0.3 is 22.8 Å². The van der Waals surface area contributed by atoms with Crippen molar-refractivity contribution in [3.8, 4) is 34.9 Å². The van der Waals surface area contributed by atoms with Crippen LogP contribution in [0, 0.1) is 12.1 Å². The molecule has 4 aromatic carbocycles. The van der Waals surface area contributed by atoms with E-state index in [4.69, 9.17) is 57.1 Å². The number of pyridine rings is 8. The normalized spacial score (nSPS) is 11.7. The van der Waals surface area contributed by atoms with Crippen LogP contribution in [0.25, 0.3) is 110 Å². The second kappa shape index (κ2) is 25.1. The van der Waals surface area contributed by atoms with E-state index in [2.05, 4.69) is 123 Å². The summed E-state index contributed by atoms with van der Waals surface area (Å²) in [7, 11) is 20.0. The molecule has 0 N–H and O–H groups in total. The van der Waals surface area contributed by atoms with E-state index < -0.39 is 11.9 Å². The summed E-state index contributed by atoms with van der Waals surface area (Å²) in [6.45, 7) is 0. The summed E-state index contributed by atoms with van der Waals surface area (Å²) in [6.07, 6.45) is 15.0. The number of hydrogen-bond donors (Lipinski definition) is 0. The van der Waals surface area contributed by atoms with Crippen molar-refractivity contribution >= 4 is 199 Å². The molecule has 12 aromatic heterocycles. The van der Waals surface area contributed by atoms with Crippen LogP contribution < -0.4 is 9.47 Å². The Morgan fingerprint density at radius 3 is 1.67 bits per heavy atom. The van der Waals surface area contributed by atoms with E-state index >= 15 is 0 Å². The minimum absolute atomic E-state index is 0. The standard InChI is InChI=1S/C31H19N5O.C31H17N5O.4ClH.2K.2Pt/c2*1-2-7-26-21(6-1)22-11-10-20(18-28(22)36(26)29-9-3-4-15-33-29)37-30-13-12-23-24-19-32-16-14-25(24)35-17-5-8-27(35)31(23)34-30;;;;;;;;/h1-19H;1-7,9-17,19H;4*1H;;;;/q;-2;;;;;;;+2;+4/p-4. The van der Waals surface area contributed by atoms with Gasteiger partial charge in [-0.1, -0.05) is 71.8 Å². The number of ether oxygens (including phenoxy) is 2. The minimum atomic E-state index is -3.06. The number of fused-ring (bicyclic) bond motifs is 18. The molecule has 16 aromatic rings. The zero-order chi connectivity index (χ0) is 55.2. The summed E-state index contributed by atoms with van der Waals surface area (Å²) in [5.41, 5.74) is 9.90. The molecule has 0 aliphatic carbocycles. The Morgan fingerprint density at radius 1 is 0.439 bits per heavy atom. The van der Waals surface area contributed by atoms with Crippen molar-refractivity contribution in [2.75, 3.05) is 0 Å². The molecule has 12 heterocycles. The van der Waals surface area contributed by atoms with Crippen molar-refractivity contribution in [2.24, 2.45) is 0 Å². The van der Waals surface area contributed by atoms with Crippen LogP contribution in [0.15, 0.2) is 219 Å². The molecule has 0 atom stereocenters. The molecule has 0 spiro atoms. The van der Waals surface area contributed by atoms with Crippen LogP contribution in [0.1, 0.15) is 0 Å². The van der Waals surface area contributed by atoms with Crippen molar-refractivity contribution in [2.45, 2.75) is 0 Å². The molecule has 16 rings (SSSR count). The molecule has 0 amide bonds. The van der Waals surface area contributed by atoms with E-state index in [0.717, 1.165) is 105 Å². The molecule has 0 aliphatic heterocycles. The Hall–Kier alpha value is -4.65. The van der Waals surface area contributed by atoms with E-state index in [-0.39, 0.29) is 21.1 Å². The summed E-state index contributed by atoms with van der Waals surface area (Å²) in [4.78, 5) is 27.7. The molecular formula is C62H36Cl4K2N10O2Pt2. The van der Waals surface area contributed by atoms with Crippen LogP contribution in [0.4, 0.5) is 0 Å². The molecule has 0 radical (unpaired) electrons. The van der Waals surface area contributed by atoms with Gasteiger partial charge in [0.2, 0.25) is 11.8 Å². The third-order valence-corrected chi connectivity index (χ3v) is 13.7. The maximum absolute atomic E-state index is 6.35. The molecular weight excluding hydrogens is 1530 g/mol. The quantitative estimate of drug-likeness (QED) is 0.0919. The van der Waals surface area contributed by atoms with Gasteiger partial charge in [-0.15, -0.1) is 17.5 Å². The topological polar surface area (TPSA) is 114 Å². The van der Waals surface area contributed by atoms with Gasteiger partial charge in [-0.25, -0.2) is 15.0 Å². The van der Waals surface area contributed by atoms with E-state index in [0.29, 0.717) is 23.3 Å². The second-order valence-corrected chi connectivity index (χ2v) is 37.8. The largest absolute Gasteiger partial charge is 2.00 e. The van der Waals surface area contributed by atoms with E-state index in [1.165, 1.54) is 68.5 Å². The van der Waals surface area contributed by atoms with Gasteiger partial charge in [0.15, 0.2) is 0 Å². The predicted octanol–water partition coefficient (Wildman–Crippen LogP) is 16.2. The summed E-state index contributed by atoms with van der Waals surface area (Å²) >= 11 is -0.556. The van der Waals surface area contributed by atoms with Gasteiger partial charge in [0.05, 0.1) is 27.6 Å². The van der Waals surface area contributed by atoms with Gasteiger partial charge in [0.25, 0.3) is 0 Å². The first kappa shape index (κ1) is 57.8. The van der Waals surface area contributed by atoms with Gasteiger partial charge in [-0.2, -0.15) is 18.2 Å². The van der Waals surface area contributed by atoms with Crippen LogP contribution in [-0.4, -0.2) is 111 Å². The smallest absolute Gasteiger partial charge is 0.466 e. The molecule has 20 heteroatoms. The predicted molar refractivity (Wildman–Crippen MR) is 326 cm³/mol. The third kappa shape index (κ3) is 11.4. The van der Waals surface area contributed by atoms with Crippen molar-refractivity contribution < 1.29 is 42.4 Å². The van der Waals surface area contributed by atoms with Gasteiger partial charge in [0, 0.05) is 99.2 Å². The summed E-state index contributed by atoms with van der Waals surface area (Å²) in [6, 6.07) is 63.5. The first-order valence-corrected chi connectivity index (χ1v) is 52.8. The number of benzene rings is 4. The maximum Gasteiger partial charge on any atom is 2.00 e. The molecule has 0 unspecified atom stereocenters. The fraction of sp³-hybridized carbons (Fsp3) is 0. The van der Waals surface area contributed by atoms with Gasteiger partial charge in [-0.3, -0.25) is 19.5 Å². The minimum Gasteiger partial charge on any atom is -0.466 e. The van der Waals surface area contributed by atoms with Gasteiger partial charge in [-0.05, 0) is 101 Å². The Morgan fingerprint density at radius 2 is 0.988 bits per heavy atom. The fourth-order valence-corrected chi connectivity index (χ4v) is 10.6. The molecule has 0 aliphatic rings. The Kier molecular flexibility index (Phi) is 17.7. The zero-order valence-electron chi connectivity index (χ0n) is 43.2. The number of rotatable bonds is 6. The summed E-state index contributed by atoms with van der Waals surface area (Å²) in [5.74, 6) is 4.02. The molecule has 0 fully saturated rings. The number of nitrogens with zero attached hydrogens (tertiary/aromatic N) is 10. The molecule has 396 valence electrons. The SMILES string of the molecule is [Cl][Pt]([Cl])([Cl])[Cl].[K][K].[Pt+2].[c-]1c(Oc2ccc3c4cnccc4n4cc[c-]c4c3n2)ccc2c3ccccc3n(-c3ccccn3)c12.c1ccc(-n2c3ccccc3c3ccc(Oc4ccc5c6cnccc6n6cccc6c5n4)cc32)nc1. The monoisotopic (exact) mass is 1560 g/mol. The van der Waals surface area contributed by atoms with Crippen molar-refractivity contribution in [3.05, 3.63) is 232 Å². The molecule has 12 nitrogen and oxygen atoms in total. The van der Waals surface area contributed by atoms with Crippen molar-refractivity contribution in [3.63, 3.8) is 0 Å². The van der Waals surface area contributed by atoms with E-state index in [1.807, 2.05) is 134 Å². The number of halogens is 4. The van der Waals surface area contributed by atoms with Crippen LogP contribution in [0.3, 0.4) is 0 Å². The molecule has 0 saturated heterocycles. The average Bonchev–Trinajstić information content (AvgIpc) is 3.61. The van der Waals surface area contributed by atoms with Crippen LogP contribution >= 0.6 is 37.7 Å². The zero-order valence-corrected chi connectivity index (χ0v) is 57.0. The number of aromatic nitrogens is 10. The Bertz CT molecular complexity index is 4710. The first-order chi connectivity index (χ1) is 39.7. The van der Waals surface area contributed by atoms with E-state index in [1.54, 1.807) is 12.4 Å². The summed E-state index contributed by atoms with van der Waals surface area (Å²) < 4.78 is 21.1. The molecule has 0 bridgehead atoms. The summed E-state index contributed by atoms with van der Waals surface area (Å²) in [5, 5.41) is 8.69. The van der Waals surface area contributed by atoms with Crippen molar-refractivity contribution in [1.82, 2.24) is 47.8 Å². The molecule has 0 saturated carbocycles. The second-order valence-electron chi connectivity index (χ2n) is 18.1.